The number of anilines is 1. The number of benzene rings is 3. The largest absolute Gasteiger partial charge is 0.342 e. The SMILES string of the molecule is CN(CCCc1cc(-c2ccccc2)n[nH]1)C(=O)c1cccc(S(=O)(=O)Nc2ccccc2F)c1. The van der Waals surface area contributed by atoms with Gasteiger partial charge < -0.3 is 4.90 Å². The molecule has 1 aromatic heterocycles. The standard InChI is InChI=1S/C26H25FN4O3S/c1-31(16-8-12-21-18-25(29-28-21)19-9-3-2-4-10-19)26(32)20-11-7-13-22(17-20)35(33,34)30-24-15-6-5-14-23(24)27/h2-7,9-11,13-15,17-18,30H,8,12,16H2,1H3,(H,28,29). The quantitative estimate of drug-likeness (QED) is 0.353. The molecular formula is C26H25FN4O3S. The third kappa shape index (κ3) is 5.93. The summed E-state index contributed by atoms with van der Waals surface area (Å²) in [4.78, 5) is 14.3. The summed E-state index contributed by atoms with van der Waals surface area (Å²) in [6.07, 6.45) is 1.41. The van der Waals surface area contributed by atoms with Crippen molar-refractivity contribution in [3.8, 4) is 11.3 Å². The van der Waals surface area contributed by atoms with Crippen LogP contribution in [-0.2, 0) is 16.4 Å². The Labute approximate surface area is 203 Å². The van der Waals surface area contributed by atoms with Gasteiger partial charge in [-0.1, -0.05) is 48.5 Å². The van der Waals surface area contributed by atoms with Gasteiger partial charge in [0.2, 0.25) is 0 Å². The number of hydrogen-bond donors (Lipinski definition) is 2. The van der Waals surface area contributed by atoms with Crippen molar-refractivity contribution in [3.63, 3.8) is 0 Å². The molecule has 0 unspecified atom stereocenters. The van der Waals surface area contributed by atoms with E-state index < -0.39 is 15.8 Å². The van der Waals surface area contributed by atoms with Gasteiger partial charge >= 0.3 is 0 Å². The summed E-state index contributed by atoms with van der Waals surface area (Å²) in [5, 5.41) is 7.38. The molecule has 4 rings (SSSR count). The minimum absolute atomic E-state index is 0.120. The Kier molecular flexibility index (Phi) is 7.26. The van der Waals surface area contributed by atoms with Crippen molar-refractivity contribution in [2.24, 2.45) is 0 Å². The number of aryl methyl sites for hydroxylation is 1. The number of carbonyl (C=O) groups excluding carboxylic acids is 1. The first-order chi connectivity index (χ1) is 16.8. The molecule has 0 bridgehead atoms. The van der Waals surface area contributed by atoms with Crippen molar-refractivity contribution in [2.75, 3.05) is 18.3 Å². The molecule has 7 nitrogen and oxygen atoms in total. The Bertz CT molecular complexity index is 1420. The van der Waals surface area contributed by atoms with Crippen LogP contribution >= 0.6 is 0 Å². The van der Waals surface area contributed by atoms with Gasteiger partial charge in [-0.15, -0.1) is 0 Å². The molecule has 4 aromatic rings. The second kappa shape index (κ2) is 10.5. The van der Waals surface area contributed by atoms with Crippen LogP contribution in [0, 0.1) is 5.82 Å². The van der Waals surface area contributed by atoms with Crippen LogP contribution in [0.15, 0.2) is 89.8 Å². The lowest BCUT2D eigenvalue weighted by atomic mass is 10.1. The summed E-state index contributed by atoms with van der Waals surface area (Å²) in [6, 6.07) is 23.1. The average molecular weight is 493 g/mol. The average Bonchev–Trinajstić information content (AvgIpc) is 3.34. The van der Waals surface area contributed by atoms with Gasteiger partial charge in [-0.05, 0) is 49.2 Å². The lowest BCUT2D eigenvalue weighted by Crippen LogP contribution is -2.28. The first-order valence-corrected chi connectivity index (χ1v) is 12.5. The first-order valence-electron chi connectivity index (χ1n) is 11.1. The van der Waals surface area contributed by atoms with Gasteiger partial charge in [0.05, 0.1) is 16.3 Å². The molecule has 9 heteroatoms. The summed E-state index contributed by atoms with van der Waals surface area (Å²) in [5.74, 6) is -0.987. The minimum Gasteiger partial charge on any atom is -0.342 e. The molecule has 0 saturated carbocycles. The molecule has 0 aliphatic carbocycles. The van der Waals surface area contributed by atoms with E-state index in [2.05, 4.69) is 14.9 Å². The Hall–Kier alpha value is -3.98. The number of amides is 1. The normalized spacial score (nSPS) is 11.3. The van der Waals surface area contributed by atoms with Crippen molar-refractivity contribution < 1.29 is 17.6 Å². The third-order valence-corrected chi connectivity index (χ3v) is 6.86. The monoisotopic (exact) mass is 492 g/mol. The molecule has 0 atom stereocenters. The van der Waals surface area contributed by atoms with Crippen molar-refractivity contribution in [1.82, 2.24) is 15.1 Å². The number of H-pyrrole nitrogens is 1. The molecule has 35 heavy (non-hydrogen) atoms. The van der Waals surface area contributed by atoms with Crippen LogP contribution < -0.4 is 4.72 Å². The molecular weight excluding hydrogens is 467 g/mol. The van der Waals surface area contributed by atoms with Crippen molar-refractivity contribution in [1.29, 1.82) is 0 Å². The van der Waals surface area contributed by atoms with E-state index in [0.29, 0.717) is 19.4 Å². The summed E-state index contributed by atoms with van der Waals surface area (Å²) in [7, 11) is -2.39. The van der Waals surface area contributed by atoms with E-state index in [-0.39, 0.29) is 22.1 Å². The molecule has 0 radical (unpaired) electrons. The number of rotatable bonds is 9. The van der Waals surface area contributed by atoms with Crippen molar-refractivity contribution >= 4 is 21.6 Å². The zero-order chi connectivity index (χ0) is 24.8. The van der Waals surface area contributed by atoms with Crippen LogP contribution in [0.5, 0.6) is 0 Å². The van der Waals surface area contributed by atoms with Gasteiger partial charge in [0, 0.05) is 30.4 Å². The smallest absolute Gasteiger partial charge is 0.262 e. The fourth-order valence-corrected chi connectivity index (χ4v) is 4.73. The maximum Gasteiger partial charge on any atom is 0.262 e. The van der Waals surface area contributed by atoms with E-state index >= 15 is 0 Å². The topological polar surface area (TPSA) is 95.2 Å². The molecule has 1 heterocycles. The summed E-state index contributed by atoms with van der Waals surface area (Å²) in [5.41, 5.74) is 2.94. The Morgan fingerprint density at radius 3 is 2.51 bits per heavy atom. The first kappa shape index (κ1) is 24.2. The molecule has 2 N–H and O–H groups in total. The van der Waals surface area contributed by atoms with Gasteiger partial charge in [-0.3, -0.25) is 14.6 Å². The number of aromatic nitrogens is 2. The van der Waals surface area contributed by atoms with Crippen LogP contribution in [0.2, 0.25) is 0 Å². The zero-order valence-electron chi connectivity index (χ0n) is 19.1. The molecule has 180 valence electrons. The van der Waals surface area contributed by atoms with Gasteiger partial charge in [0.1, 0.15) is 5.82 Å². The molecule has 0 spiro atoms. The number of halogens is 1. The second-order valence-electron chi connectivity index (χ2n) is 8.09. The van der Waals surface area contributed by atoms with E-state index in [1.807, 2.05) is 36.4 Å². The number of sulfonamides is 1. The third-order valence-electron chi connectivity index (χ3n) is 5.50. The fraction of sp³-hybridized carbons (Fsp3) is 0.154. The number of carbonyl (C=O) groups is 1. The fourth-order valence-electron chi connectivity index (χ4n) is 3.62. The minimum atomic E-state index is -4.06. The van der Waals surface area contributed by atoms with E-state index in [9.17, 15) is 17.6 Å². The van der Waals surface area contributed by atoms with Crippen LogP contribution in [0.3, 0.4) is 0 Å². The number of para-hydroxylation sites is 1. The van der Waals surface area contributed by atoms with Gasteiger partial charge in [-0.25, -0.2) is 12.8 Å². The predicted octanol–water partition coefficient (Wildman–Crippen LogP) is 4.72. The van der Waals surface area contributed by atoms with Gasteiger partial charge in [-0.2, -0.15) is 5.10 Å². The highest BCUT2D eigenvalue weighted by Gasteiger charge is 2.19. The molecule has 0 aliphatic heterocycles. The zero-order valence-corrected chi connectivity index (χ0v) is 19.9. The van der Waals surface area contributed by atoms with E-state index in [4.69, 9.17) is 0 Å². The van der Waals surface area contributed by atoms with Crippen LogP contribution in [0.25, 0.3) is 11.3 Å². The highest BCUT2D eigenvalue weighted by atomic mass is 32.2. The molecule has 0 saturated heterocycles. The van der Waals surface area contributed by atoms with E-state index in [1.165, 1.54) is 42.5 Å². The Balaban J connectivity index is 1.37. The highest BCUT2D eigenvalue weighted by molar-refractivity contribution is 7.92. The highest BCUT2D eigenvalue weighted by Crippen LogP contribution is 2.21. The van der Waals surface area contributed by atoms with Crippen molar-refractivity contribution in [3.05, 3.63) is 102 Å². The number of nitrogens with one attached hydrogen (secondary N) is 2. The lowest BCUT2D eigenvalue weighted by molar-refractivity contribution is 0.0793. The van der Waals surface area contributed by atoms with Crippen LogP contribution in [0.1, 0.15) is 22.5 Å². The molecule has 1 amide bonds. The Morgan fingerprint density at radius 1 is 1.00 bits per heavy atom. The van der Waals surface area contributed by atoms with Gasteiger partial charge in [0.15, 0.2) is 0 Å². The number of hydrogen-bond acceptors (Lipinski definition) is 4. The Morgan fingerprint density at radius 2 is 1.74 bits per heavy atom. The maximum atomic E-state index is 13.9. The van der Waals surface area contributed by atoms with Crippen LogP contribution in [0.4, 0.5) is 10.1 Å². The molecule has 3 aromatic carbocycles. The molecule has 0 fully saturated rings. The van der Waals surface area contributed by atoms with Crippen molar-refractivity contribution in [2.45, 2.75) is 17.7 Å². The predicted molar refractivity (Wildman–Crippen MR) is 133 cm³/mol. The second-order valence-corrected chi connectivity index (χ2v) is 9.77. The van der Waals surface area contributed by atoms with Gasteiger partial charge in [0.25, 0.3) is 15.9 Å². The molecule has 0 aliphatic rings. The van der Waals surface area contributed by atoms with E-state index in [0.717, 1.165) is 17.0 Å². The lowest BCUT2D eigenvalue weighted by Gasteiger charge is -2.17. The number of aromatic amines is 1. The maximum absolute atomic E-state index is 13.9. The van der Waals surface area contributed by atoms with Crippen LogP contribution in [-0.4, -0.2) is 43.0 Å². The summed E-state index contributed by atoms with van der Waals surface area (Å²) < 4.78 is 41.6. The number of nitrogens with zero attached hydrogens (tertiary/aromatic N) is 2. The summed E-state index contributed by atoms with van der Waals surface area (Å²) in [6.45, 7) is 0.475. The van der Waals surface area contributed by atoms with E-state index in [1.54, 1.807) is 18.0 Å². The summed E-state index contributed by atoms with van der Waals surface area (Å²) >= 11 is 0.